The highest BCUT2D eigenvalue weighted by atomic mass is 16.5. The van der Waals surface area contributed by atoms with Gasteiger partial charge in [-0.15, -0.1) is 0 Å². The van der Waals surface area contributed by atoms with Crippen molar-refractivity contribution in [3.63, 3.8) is 0 Å². The van der Waals surface area contributed by atoms with Crippen LogP contribution in [0.15, 0.2) is 24.3 Å². The van der Waals surface area contributed by atoms with Gasteiger partial charge in [0, 0.05) is 37.0 Å². The Balaban J connectivity index is 1.90. The number of hydrogen-bond acceptors (Lipinski definition) is 5. The minimum Gasteiger partial charge on any atom is -0.464 e. The Bertz CT molecular complexity index is 984. The van der Waals surface area contributed by atoms with Crippen molar-refractivity contribution in [2.45, 2.75) is 39.7 Å². The van der Waals surface area contributed by atoms with Crippen LogP contribution >= 0.6 is 0 Å². The predicted molar refractivity (Wildman–Crippen MR) is 117 cm³/mol. The number of carbonyl (C=O) groups is 3. The number of esters is 1. The minimum atomic E-state index is -0.492. The average molecular weight is 427 g/mol. The summed E-state index contributed by atoms with van der Waals surface area (Å²) in [5.41, 5.74) is 3.63. The third kappa shape index (κ3) is 4.71. The van der Waals surface area contributed by atoms with Crippen LogP contribution in [-0.2, 0) is 16.5 Å². The van der Waals surface area contributed by atoms with Crippen LogP contribution in [-0.4, -0.2) is 60.0 Å². The van der Waals surface area contributed by atoms with Crippen molar-refractivity contribution < 1.29 is 23.9 Å². The first-order chi connectivity index (χ1) is 14.7. The molecular formula is C24H30N2O5. The van der Waals surface area contributed by atoms with Gasteiger partial charge in [0.15, 0.2) is 5.78 Å². The molecule has 31 heavy (non-hydrogen) atoms. The summed E-state index contributed by atoms with van der Waals surface area (Å²) in [6.07, 6.45) is 1.73. The summed E-state index contributed by atoms with van der Waals surface area (Å²) in [6.45, 7) is 6.43. The summed E-state index contributed by atoms with van der Waals surface area (Å²) in [7, 11) is 3.04. The highest BCUT2D eigenvalue weighted by Crippen LogP contribution is 2.24. The van der Waals surface area contributed by atoms with Crippen LogP contribution in [0, 0.1) is 20.8 Å². The monoisotopic (exact) mass is 426 g/mol. The van der Waals surface area contributed by atoms with Crippen molar-refractivity contribution in [2.24, 2.45) is 7.05 Å². The van der Waals surface area contributed by atoms with E-state index in [2.05, 4.69) is 0 Å². The fourth-order valence-corrected chi connectivity index (χ4v) is 4.16. The molecule has 0 spiro atoms. The summed E-state index contributed by atoms with van der Waals surface area (Å²) in [6, 6.07) is 7.32. The van der Waals surface area contributed by atoms with Crippen LogP contribution < -0.4 is 0 Å². The zero-order valence-electron chi connectivity index (χ0n) is 18.9. The molecule has 3 rings (SSSR count). The fourth-order valence-electron chi connectivity index (χ4n) is 4.16. The quantitative estimate of drug-likeness (QED) is 0.502. The van der Waals surface area contributed by atoms with Crippen LogP contribution in [0.4, 0.5) is 0 Å². The summed E-state index contributed by atoms with van der Waals surface area (Å²) < 4.78 is 12.3. The van der Waals surface area contributed by atoms with E-state index in [1.54, 1.807) is 42.5 Å². The summed E-state index contributed by atoms with van der Waals surface area (Å²) >= 11 is 0. The van der Waals surface area contributed by atoms with E-state index in [0.29, 0.717) is 41.2 Å². The lowest BCUT2D eigenvalue weighted by molar-refractivity contribution is 0.0506. The molecule has 1 aliphatic heterocycles. The molecule has 1 saturated heterocycles. The maximum Gasteiger partial charge on any atom is 0.354 e. The van der Waals surface area contributed by atoms with Gasteiger partial charge in [0.25, 0.3) is 5.91 Å². The number of benzene rings is 1. The molecule has 1 atom stereocenters. The summed E-state index contributed by atoms with van der Waals surface area (Å²) in [5, 5.41) is 0. The van der Waals surface area contributed by atoms with Crippen molar-refractivity contribution >= 4 is 17.7 Å². The largest absolute Gasteiger partial charge is 0.464 e. The molecule has 1 amide bonds. The third-order valence-corrected chi connectivity index (χ3v) is 5.96. The molecule has 1 aromatic heterocycles. The fraction of sp³-hybridized carbons (Fsp3) is 0.458. The number of aromatic nitrogens is 1. The number of Topliss-reactive ketones (excluding diaryl/α,β-unsaturated/α-hetero) is 1. The Morgan fingerprint density at radius 2 is 1.84 bits per heavy atom. The van der Waals surface area contributed by atoms with E-state index in [0.717, 1.165) is 18.4 Å². The molecule has 7 heteroatoms. The van der Waals surface area contributed by atoms with Gasteiger partial charge in [-0.1, -0.05) is 17.7 Å². The van der Waals surface area contributed by atoms with E-state index in [4.69, 9.17) is 9.47 Å². The molecular weight excluding hydrogens is 396 g/mol. The zero-order valence-corrected chi connectivity index (χ0v) is 18.9. The molecule has 1 aromatic carbocycles. The number of methoxy groups -OCH3 is 1. The van der Waals surface area contributed by atoms with E-state index >= 15 is 0 Å². The van der Waals surface area contributed by atoms with Crippen LogP contribution in [0.3, 0.4) is 0 Å². The maximum atomic E-state index is 13.3. The molecule has 7 nitrogen and oxygen atoms in total. The molecule has 1 fully saturated rings. The zero-order chi connectivity index (χ0) is 22.7. The van der Waals surface area contributed by atoms with Gasteiger partial charge < -0.3 is 18.9 Å². The van der Waals surface area contributed by atoms with Crippen LogP contribution in [0.25, 0.3) is 0 Å². The molecule has 0 bridgehead atoms. The van der Waals surface area contributed by atoms with Gasteiger partial charge in [0.05, 0.1) is 19.8 Å². The molecule has 1 unspecified atom stereocenters. The SMILES string of the molecule is COC(=O)c1c(C)c(C(=O)CN(CC2CCCO2)C(=O)c2ccc(C)cc2)c(C)n1C. The second-order valence-electron chi connectivity index (χ2n) is 8.09. The number of carbonyl (C=O) groups excluding carboxylic acids is 3. The molecule has 2 aromatic rings. The standard InChI is InChI=1S/C24H30N2O5/c1-15-8-10-18(11-9-15)23(28)26(13-19-7-6-12-31-19)14-20(27)21-16(2)22(24(29)30-5)25(4)17(21)3/h8-11,19H,6-7,12-14H2,1-5H3. The Hall–Kier alpha value is -2.93. The number of rotatable bonds is 7. The van der Waals surface area contributed by atoms with E-state index in [1.807, 2.05) is 19.1 Å². The highest BCUT2D eigenvalue weighted by Gasteiger charge is 2.29. The van der Waals surface area contributed by atoms with Crippen LogP contribution in [0.1, 0.15) is 60.9 Å². The molecule has 0 radical (unpaired) electrons. The first kappa shape index (κ1) is 22.7. The lowest BCUT2D eigenvalue weighted by Crippen LogP contribution is -2.41. The lowest BCUT2D eigenvalue weighted by atomic mass is 10.0. The third-order valence-electron chi connectivity index (χ3n) is 5.96. The number of hydrogen-bond donors (Lipinski definition) is 0. The van der Waals surface area contributed by atoms with Crippen molar-refractivity contribution in [1.82, 2.24) is 9.47 Å². The lowest BCUT2D eigenvalue weighted by Gasteiger charge is -2.25. The van der Waals surface area contributed by atoms with Gasteiger partial charge in [-0.05, 0) is 51.3 Å². The Labute approximate surface area is 182 Å². The van der Waals surface area contributed by atoms with E-state index in [-0.39, 0.29) is 24.3 Å². The van der Waals surface area contributed by atoms with Gasteiger partial charge >= 0.3 is 5.97 Å². The van der Waals surface area contributed by atoms with Crippen molar-refractivity contribution in [1.29, 1.82) is 0 Å². The topological polar surface area (TPSA) is 77.8 Å². The van der Waals surface area contributed by atoms with Gasteiger partial charge in [-0.2, -0.15) is 0 Å². The molecule has 0 aliphatic carbocycles. The molecule has 2 heterocycles. The van der Waals surface area contributed by atoms with E-state index < -0.39 is 5.97 Å². The Kier molecular flexibility index (Phi) is 6.95. The number of ether oxygens (including phenoxy) is 2. The first-order valence-corrected chi connectivity index (χ1v) is 10.5. The maximum absolute atomic E-state index is 13.3. The normalized spacial score (nSPS) is 15.7. The smallest absolute Gasteiger partial charge is 0.354 e. The van der Waals surface area contributed by atoms with Crippen molar-refractivity contribution in [3.05, 3.63) is 57.9 Å². The van der Waals surface area contributed by atoms with E-state index in [9.17, 15) is 14.4 Å². The number of aryl methyl sites for hydroxylation is 1. The Morgan fingerprint density at radius 1 is 1.16 bits per heavy atom. The number of amides is 1. The molecule has 0 saturated carbocycles. The van der Waals surface area contributed by atoms with Crippen LogP contribution in [0.2, 0.25) is 0 Å². The van der Waals surface area contributed by atoms with Crippen molar-refractivity contribution in [2.75, 3.05) is 26.8 Å². The summed E-state index contributed by atoms with van der Waals surface area (Å²) in [4.78, 5) is 40.3. The van der Waals surface area contributed by atoms with Gasteiger partial charge in [0.2, 0.25) is 0 Å². The summed E-state index contributed by atoms with van der Waals surface area (Å²) in [5.74, 6) is -0.906. The predicted octanol–water partition coefficient (Wildman–Crippen LogP) is 3.24. The molecule has 166 valence electrons. The highest BCUT2D eigenvalue weighted by molar-refractivity contribution is 6.06. The molecule has 0 N–H and O–H groups in total. The van der Waals surface area contributed by atoms with Crippen molar-refractivity contribution in [3.8, 4) is 0 Å². The molecule has 1 aliphatic rings. The Morgan fingerprint density at radius 3 is 2.42 bits per heavy atom. The van der Waals surface area contributed by atoms with Gasteiger partial charge in [-0.25, -0.2) is 4.79 Å². The van der Waals surface area contributed by atoms with E-state index in [1.165, 1.54) is 7.11 Å². The first-order valence-electron chi connectivity index (χ1n) is 10.5. The average Bonchev–Trinajstić information content (AvgIpc) is 3.33. The van der Waals surface area contributed by atoms with Gasteiger partial charge in [-0.3, -0.25) is 9.59 Å². The minimum absolute atomic E-state index is 0.0780. The van der Waals surface area contributed by atoms with Crippen LogP contribution in [0.5, 0.6) is 0 Å². The number of ketones is 1. The second kappa shape index (κ2) is 9.47. The van der Waals surface area contributed by atoms with Gasteiger partial charge in [0.1, 0.15) is 5.69 Å². The number of nitrogens with zero attached hydrogens (tertiary/aromatic N) is 2. The second-order valence-corrected chi connectivity index (χ2v) is 8.09.